The van der Waals surface area contributed by atoms with Gasteiger partial charge in [0.25, 0.3) is 0 Å². The smallest absolute Gasteiger partial charge is 0.309 e. The highest BCUT2D eigenvalue weighted by atomic mass is 19.4. The predicted octanol–water partition coefficient (Wildman–Crippen LogP) is 12.3. The molecule has 0 aliphatic heterocycles. The van der Waals surface area contributed by atoms with E-state index >= 15 is 13.2 Å². The standard InChI is InChI=1S/C58H42F3N15/c1-28-63-29(2)68-54(67-28)38-12-16-43-44-17-13-39(55-69-30(3)64-31(4)70-55)24-49(44)75(48(43)23-38)47-21-20-42(37-11-9-10-36(22-37)27-62)53(52(47)58(59,60)61)76-50-25-40(56-71-32(5)65-33(6)72-56)14-18-45(50)46-19-15-41(26-51(46)76)57-73-34(7)66-35(8)74-57/h9-26H,1-8H3. The van der Waals surface area contributed by atoms with Gasteiger partial charge in [-0.05, 0) is 103 Å². The zero-order valence-electron chi connectivity index (χ0n) is 42.2. The van der Waals surface area contributed by atoms with Crippen molar-refractivity contribution in [1.82, 2.24) is 68.9 Å². The van der Waals surface area contributed by atoms with Gasteiger partial charge in [-0.15, -0.1) is 0 Å². The number of hydrogen-bond acceptors (Lipinski definition) is 13. The van der Waals surface area contributed by atoms with Crippen LogP contribution in [-0.2, 0) is 6.18 Å². The van der Waals surface area contributed by atoms with Gasteiger partial charge in [0, 0.05) is 49.4 Å². The molecule has 12 rings (SSSR count). The van der Waals surface area contributed by atoms with E-state index in [-0.39, 0.29) is 22.5 Å². The summed E-state index contributed by atoms with van der Waals surface area (Å²) in [5.41, 5.74) is 3.53. The molecule has 0 aliphatic carbocycles. The van der Waals surface area contributed by atoms with Crippen molar-refractivity contribution >= 4 is 43.6 Å². The van der Waals surface area contributed by atoms with Gasteiger partial charge in [-0.3, -0.25) is 0 Å². The molecule has 6 aromatic carbocycles. The maximum absolute atomic E-state index is 17.5. The van der Waals surface area contributed by atoms with Crippen LogP contribution in [0.4, 0.5) is 13.2 Å². The molecule has 12 aromatic rings. The average Bonchev–Trinajstić information content (AvgIpc) is 3.95. The second-order valence-corrected chi connectivity index (χ2v) is 18.7. The lowest BCUT2D eigenvalue weighted by atomic mass is 9.96. The van der Waals surface area contributed by atoms with Crippen molar-refractivity contribution in [3.05, 3.63) is 167 Å². The molecule has 0 aliphatic rings. The molecular weight excluding hydrogens is 964 g/mol. The van der Waals surface area contributed by atoms with Crippen LogP contribution in [0.3, 0.4) is 0 Å². The van der Waals surface area contributed by atoms with E-state index in [2.05, 4.69) is 65.9 Å². The second kappa shape index (κ2) is 17.7. The zero-order chi connectivity index (χ0) is 52.9. The molecule has 6 heterocycles. The van der Waals surface area contributed by atoms with Crippen molar-refractivity contribution in [1.29, 1.82) is 5.26 Å². The van der Waals surface area contributed by atoms with Crippen molar-refractivity contribution in [2.45, 2.75) is 61.6 Å². The summed E-state index contributed by atoms with van der Waals surface area (Å²) in [6.45, 7) is 14.1. The molecule has 15 nitrogen and oxygen atoms in total. The SMILES string of the molecule is Cc1nc(C)nc(-c2ccc3c4ccc(-c5nc(C)nc(C)n5)cc4n(-c4ccc(-c5cccc(C#N)c5)c(-n5c6cc(-c7nc(C)nc(C)n7)ccc6c6ccc(-c7nc(C)nc(C)n7)cc65)c4C(F)(F)F)c3c2)n1. The third-order valence-corrected chi connectivity index (χ3v) is 13.2. The van der Waals surface area contributed by atoms with Gasteiger partial charge in [0.15, 0.2) is 23.3 Å². The van der Waals surface area contributed by atoms with E-state index in [1.54, 1.807) is 94.9 Å². The third kappa shape index (κ3) is 8.18. The van der Waals surface area contributed by atoms with Gasteiger partial charge < -0.3 is 9.13 Å². The number of aromatic nitrogens is 14. The fraction of sp³-hybridized carbons (Fsp3) is 0.155. The molecule has 0 unspecified atom stereocenters. The van der Waals surface area contributed by atoms with Crippen molar-refractivity contribution < 1.29 is 13.2 Å². The monoisotopic (exact) mass is 1010 g/mol. The highest BCUT2D eigenvalue weighted by Crippen LogP contribution is 2.49. The molecule has 0 atom stereocenters. The topological polar surface area (TPSA) is 188 Å². The van der Waals surface area contributed by atoms with Gasteiger partial charge in [-0.1, -0.05) is 66.7 Å². The molecule has 0 fully saturated rings. The minimum Gasteiger partial charge on any atom is -0.309 e. The Hall–Kier alpha value is -9.76. The zero-order valence-corrected chi connectivity index (χ0v) is 42.2. The second-order valence-electron chi connectivity index (χ2n) is 18.7. The number of aryl methyl sites for hydroxylation is 8. The molecule has 0 saturated carbocycles. The number of alkyl halides is 3. The summed E-state index contributed by atoms with van der Waals surface area (Å²) in [6, 6.07) is 34.3. The lowest BCUT2D eigenvalue weighted by Gasteiger charge is -2.24. The van der Waals surface area contributed by atoms with E-state index in [0.717, 1.165) is 0 Å². The number of halogens is 3. The van der Waals surface area contributed by atoms with Crippen LogP contribution >= 0.6 is 0 Å². The first-order valence-electron chi connectivity index (χ1n) is 24.2. The number of fused-ring (bicyclic) bond motifs is 6. The summed E-state index contributed by atoms with van der Waals surface area (Å²) in [5, 5.41) is 12.9. The van der Waals surface area contributed by atoms with Crippen LogP contribution in [0.25, 0.3) is 112 Å². The highest BCUT2D eigenvalue weighted by Gasteiger charge is 2.41. The molecule has 76 heavy (non-hydrogen) atoms. The molecule has 0 radical (unpaired) electrons. The lowest BCUT2D eigenvalue weighted by Crippen LogP contribution is -2.17. The lowest BCUT2D eigenvalue weighted by molar-refractivity contribution is -0.137. The first-order chi connectivity index (χ1) is 36.5. The van der Waals surface area contributed by atoms with Crippen LogP contribution in [0.15, 0.2) is 109 Å². The van der Waals surface area contributed by atoms with E-state index in [1.807, 2.05) is 72.8 Å². The van der Waals surface area contributed by atoms with Gasteiger partial charge in [0.05, 0.1) is 45.1 Å². The first-order valence-corrected chi connectivity index (χ1v) is 24.2. The maximum atomic E-state index is 17.5. The Morgan fingerprint density at radius 1 is 0.382 bits per heavy atom. The Morgan fingerprint density at radius 2 is 0.724 bits per heavy atom. The molecule has 0 amide bonds. The Kier molecular flexibility index (Phi) is 11.0. The van der Waals surface area contributed by atoms with Crippen LogP contribution in [0, 0.1) is 66.7 Å². The van der Waals surface area contributed by atoms with Crippen LogP contribution < -0.4 is 0 Å². The number of rotatable bonds is 7. The van der Waals surface area contributed by atoms with Crippen LogP contribution in [-0.4, -0.2) is 68.9 Å². The highest BCUT2D eigenvalue weighted by molar-refractivity contribution is 6.13. The number of nitriles is 1. The molecule has 0 bridgehead atoms. The van der Waals surface area contributed by atoms with Crippen LogP contribution in [0.5, 0.6) is 0 Å². The average molecular weight is 1010 g/mol. The van der Waals surface area contributed by atoms with Crippen LogP contribution in [0.1, 0.15) is 57.7 Å². The summed E-state index contributed by atoms with van der Waals surface area (Å²) < 4.78 is 55.8. The van der Waals surface area contributed by atoms with Crippen LogP contribution in [0.2, 0.25) is 0 Å². The normalized spacial score (nSPS) is 11.9. The summed E-state index contributed by atoms with van der Waals surface area (Å²) in [7, 11) is 0. The van der Waals surface area contributed by atoms with Gasteiger partial charge >= 0.3 is 6.18 Å². The van der Waals surface area contributed by atoms with Gasteiger partial charge in [-0.25, -0.2) is 59.8 Å². The fourth-order valence-electron chi connectivity index (χ4n) is 10.3. The maximum Gasteiger partial charge on any atom is 0.420 e. The molecule has 0 N–H and O–H groups in total. The molecule has 18 heteroatoms. The predicted molar refractivity (Wildman–Crippen MR) is 283 cm³/mol. The van der Waals surface area contributed by atoms with E-state index in [0.29, 0.717) is 141 Å². The van der Waals surface area contributed by atoms with Crippen molar-refractivity contribution in [3.63, 3.8) is 0 Å². The molecule has 6 aromatic heterocycles. The number of benzene rings is 6. The third-order valence-electron chi connectivity index (χ3n) is 13.2. The van der Waals surface area contributed by atoms with Crippen molar-refractivity contribution in [3.8, 4) is 74.1 Å². The molecule has 370 valence electrons. The van der Waals surface area contributed by atoms with E-state index in [9.17, 15) is 5.26 Å². The summed E-state index contributed by atoms with van der Waals surface area (Å²) in [6.07, 6.45) is -5.06. The molecule has 0 spiro atoms. The van der Waals surface area contributed by atoms with Gasteiger partial charge in [-0.2, -0.15) is 18.4 Å². The Morgan fingerprint density at radius 3 is 1.05 bits per heavy atom. The largest absolute Gasteiger partial charge is 0.420 e. The Bertz CT molecular complexity index is 4180. The van der Waals surface area contributed by atoms with Gasteiger partial charge in [0.1, 0.15) is 52.2 Å². The summed E-state index contributed by atoms with van der Waals surface area (Å²) in [5.74, 6) is 5.38. The first kappa shape index (κ1) is 47.3. The summed E-state index contributed by atoms with van der Waals surface area (Å²) in [4.78, 5) is 54.8. The van der Waals surface area contributed by atoms with E-state index < -0.39 is 11.7 Å². The Balaban J connectivity index is 1.27. The van der Waals surface area contributed by atoms with Crippen molar-refractivity contribution in [2.75, 3.05) is 0 Å². The van der Waals surface area contributed by atoms with E-state index in [4.69, 9.17) is 0 Å². The molecular formula is C58H42F3N15. The summed E-state index contributed by atoms with van der Waals surface area (Å²) >= 11 is 0. The number of nitrogens with zero attached hydrogens (tertiary/aromatic N) is 15. The minimum absolute atomic E-state index is 0.183. The minimum atomic E-state index is -5.06. The van der Waals surface area contributed by atoms with E-state index in [1.165, 1.54) is 6.07 Å². The quantitative estimate of drug-likeness (QED) is 0.147. The fourth-order valence-corrected chi connectivity index (χ4v) is 10.3. The Labute approximate surface area is 432 Å². The van der Waals surface area contributed by atoms with Gasteiger partial charge in [0.2, 0.25) is 0 Å². The number of hydrogen-bond donors (Lipinski definition) is 0. The molecule has 0 saturated heterocycles. The van der Waals surface area contributed by atoms with Crippen molar-refractivity contribution in [2.24, 2.45) is 0 Å².